The van der Waals surface area contributed by atoms with Gasteiger partial charge in [-0.3, -0.25) is 10.1 Å². The van der Waals surface area contributed by atoms with Crippen molar-refractivity contribution in [1.82, 2.24) is 9.21 Å². The zero-order chi connectivity index (χ0) is 20.0. The predicted molar refractivity (Wildman–Crippen MR) is 107 cm³/mol. The van der Waals surface area contributed by atoms with Crippen LogP contribution in [-0.4, -0.2) is 61.0 Å². The SMILES string of the molecule is CCCN(CC1CCN(S(C)(=O)=O)CC1)C(C)Cc1cccc([N+](=O)[O-])c1. The summed E-state index contributed by atoms with van der Waals surface area (Å²) in [4.78, 5) is 13.1. The summed E-state index contributed by atoms with van der Waals surface area (Å²) < 4.78 is 24.9. The van der Waals surface area contributed by atoms with Crippen molar-refractivity contribution in [2.24, 2.45) is 5.92 Å². The number of hydrogen-bond donors (Lipinski definition) is 0. The highest BCUT2D eigenvalue weighted by Gasteiger charge is 2.27. The molecule has 1 atom stereocenters. The first kappa shape index (κ1) is 21.8. The van der Waals surface area contributed by atoms with Gasteiger partial charge in [-0.2, -0.15) is 0 Å². The molecule has 0 aliphatic carbocycles. The average Bonchev–Trinajstić information content (AvgIpc) is 2.61. The number of nitrogens with zero attached hydrogens (tertiary/aromatic N) is 3. The van der Waals surface area contributed by atoms with E-state index in [0.29, 0.717) is 19.0 Å². The number of non-ortho nitro benzene ring substituents is 1. The molecule has 0 radical (unpaired) electrons. The highest BCUT2D eigenvalue weighted by Crippen LogP contribution is 2.22. The van der Waals surface area contributed by atoms with E-state index in [0.717, 1.165) is 44.3 Å². The molecular formula is C19H31N3O4S. The molecule has 1 aromatic rings. The first-order chi connectivity index (χ1) is 12.7. The van der Waals surface area contributed by atoms with Gasteiger partial charge in [0.05, 0.1) is 11.2 Å². The molecule has 1 aliphatic heterocycles. The second-order valence-electron chi connectivity index (χ2n) is 7.58. The molecule has 27 heavy (non-hydrogen) atoms. The van der Waals surface area contributed by atoms with Crippen LogP contribution in [0.5, 0.6) is 0 Å². The lowest BCUT2D eigenvalue weighted by atomic mass is 9.96. The largest absolute Gasteiger partial charge is 0.300 e. The van der Waals surface area contributed by atoms with Gasteiger partial charge >= 0.3 is 0 Å². The number of piperidine rings is 1. The van der Waals surface area contributed by atoms with Gasteiger partial charge in [0.2, 0.25) is 10.0 Å². The Kier molecular flexibility index (Phi) is 7.76. The van der Waals surface area contributed by atoms with Gasteiger partial charge in [0.15, 0.2) is 0 Å². The number of nitro groups is 1. The number of hydrogen-bond acceptors (Lipinski definition) is 5. The normalized spacial score (nSPS) is 17.9. The van der Waals surface area contributed by atoms with Crippen LogP contribution in [0.3, 0.4) is 0 Å². The second-order valence-corrected chi connectivity index (χ2v) is 9.56. The molecule has 1 unspecified atom stereocenters. The third-order valence-corrected chi connectivity index (χ3v) is 6.63. The summed E-state index contributed by atoms with van der Waals surface area (Å²) in [6.45, 7) is 7.44. The molecule has 2 rings (SSSR count). The van der Waals surface area contributed by atoms with E-state index in [4.69, 9.17) is 0 Å². The quantitative estimate of drug-likeness (QED) is 0.472. The maximum atomic E-state index is 11.7. The summed E-state index contributed by atoms with van der Waals surface area (Å²) >= 11 is 0. The van der Waals surface area contributed by atoms with Gasteiger partial charge in [0.1, 0.15) is 0 Å². The van der Waals surface area contributed by atoms with Crippen LogP contribution < -0.4 is 0 Å². The molecule has 1 saturated heterocycles. The number of benzene rings is 1. The van der Waals surface area contributed by atoms with Crippen LogP contribution in [-0.2, 0) is 16.4 Å². The van der Waals surface area contributed by atoms with E-state index in [1.807, 2.05) is 6.07 Å². The Hall–Kier alpha value is -1.51. The monoisotopic (exact) mass is 397 g/mol. The predicted octanol–water partition coefficient (Wildman–Crippen LogP) is 2.91. The van der Waals surface area contributed by atoms with Gasteiger partial charge in [-0.05, 0) is 50.6 Å². The Morgan fingerprint density at radius 3 is 2.56 bits per heavy atom. The lowest BCUT2D eigenvalue weighted by Crippen LogP contribution is -2.44. The van der Waals surface area contributed by atoms with Crippen LogP contribution >= 0.6 is 0 Å². The first-order valence-electron chi connectivity index (χ1n) is 9.63. The molecule has 0 saturated carbocycles. The molecule has 0 spiro atoms. The van der Waals surface area contributed by atoms with Crippen molar-refractivity contribution in [3.63, 3.8) is 0 Å². The van der Waals surface area contributed by atoms with E-state index in [2.05, 4.69) is 18.7 Å². The van der Waals surface area contributed by atoms with Gasteiger partial charge in [0.25, 0.3) is 5.69 Å². The highest BCUT2D eigenvalue weighted by molar-refractivity contribution is 7.88. The van der Waals surface area contributed by atoms with Crippen LogP contribution in [0.4, 0.5) is 5.69 Å². The van der Waals surface area contributed by atoms with Crippen LogP contribution in [0, 0.1) is 16.0 Å². The van der Waals surface area contributed by atoms with Gasteiger partial charge in [-0.15, -0.1) is 0 Å². The minimum Gasteiger partial charge on any atom is -0.300 e. The molecule has 0 amide bonds. The summed E-state index contributed by atoms with van der Waals surface area (Å²) in [5.74, 6) is 0.488. The zero-order valence-corrected chi connectivity index (χ0v) is 17.3. The summed E-state index contributed by atoms with van der Waals surface area (Å²) in [6.07, 6.45) is 4.86. The molecule has 0 bridgehead atoms. The van der Waals surface area contributed by atoms with Crippen molar-refractivity contribution in [1.29, 1.82) is 0 Å². The molecule has 1 aromatic carbocycles. The molecule has 1 fully saturated rings. The van der Waals surface area contributed by atoms with Gasteiger partial charge in [-0.25, -0.2) is 12.7 Å². The Morgan fingerprint density at radius 1 is 1.33 bits per heavy atom. The molecule has 1 aliphatic rings. The van der Waals surface area contributed by atoms with Crippen molar-refractivity contribution in [2.75, 3.05) is 32.4 Å². The number of sulfonamides is 1. The Labute approximate surface area is 162 Å². The maximum Gasteiger partial charge on any atom is 0.269 e. The fraction of sp³-hybridized carbons (Fsp3) is 0.684. The number of rotatable bonds is 9. The van der Waals surface area contributed by atoms with Crippen LogP contribution in [0.25, 0.3) is 0 Å². The van der Waals surface area contributed by atoms with Crippen LogP contribution in [0.1, 0.15) is 38.7 Å². The van der Waals surface area contributed by atoms with Crippen LogP contribution in [0.2, 0.25) is 0 Å². The third-order valence-electron chi connectivity index (χ3n) is 5.32. The van der Waals surface area contributed by atoms with Gasteiger partial charge in [0, 0.05) is 37.8 Å². The molecule has 1 heterocycles. The molecule has 0 N–H and O–H groups in total. The highest BCUT2D eigenvalue weighted by atomic mass is 32.2. The summed E-state index contributed by atoms with van der Waals surface area (Å²) in [6, 6.07) is 7.14. The molecule has 152 valence electrons. The minimum atomic E-state index is -3.09. The van der Waals surface area contributed by atoms with E-state index >= 15 is 0 Å². The Balaban J connectivity index is 1.96. The van der Waals surface area contributed by atoms with Gasteiger partial charge in [-0.1, -0.05) is 19.1 Å². The number of nitro benzene ring substituents is 1. The van der Waals surface area contributed by atoms with Crippen molar-refractivity contribution >= 4 is 15.7 Å². The lowest BCUT2D eigenvalue weighted by Gasteiger charge is -2.36. The van der Waals surface area contributed by atoms with E-state index in [-0.39, 0.29) is 16.7 Å². The smallest absolute Gasteiger partial charge is 0.269 e. The van der Waals surface area contributed by atoms with Gasteiger partial charge < -0.3 is 4.90 Å². The maximum absolute atomic E-state index is 11.7. The van der Waals surface area contributed by atoms with Crippen molar-refractivity contribution in [3.05, 3.63) is 39.9 Å². The topological polar surface area (TPSA) is 83.8 Å². The Bertz CT molecular complexity index is 730. The van der Waals surface area contributed by atoms with Crippen molar-refractivity contribution < 1.29 is 13.3 Å². The van der Waals surface area contributed by atoms with E-state index < -0.39 is 10.0 Å². The third kappa shape index (κ3) is 6.55. The minimum absolute atomic E-state index is 0.134. The lowest BCUT2D eigenvalue weighted by molar-refractivity contribution is -0.384. The average molecular weight is 398 g/mol. The summed E-state index contributed by atoms with van der Waals surface area (Å²) in [5, 5.41) is 11.0. The molecular weight excluding hydrogens is 366 g/mol. The van der Waals surface area contributed by atoms with E-state index in [1.54, 1.807) is 16.4 Å². The molecule has 7 nitrogen and oxygen atoms in total. The summed E-state index contributed by atoms with van der Waals surface area (Å²) in [5.41, 5.74) is 1.11. The van der Waals surface area contributed by atoms with Crippen molar-refractivity contribution in [2.45, 2.75) is 45.6 Å². The van der Waals surface area contributed by atoms with Crippen molar-refractivity contribution in [3.8, 4) is 0 Å². The second kappa shape index (κ2) is 9.61. The van der Waals surface area contributed by atoms with E-state index in [9.17, 15) is 18.5 Å². The Morgan fingerprint density at radius 2 is 2.00 bits per heavy atom. The fourth-order valence-electron chi connectivity index (χ4n) is 3.80. The molecule has 8 heteroatoms. The zero-order valence-electron chi connectivity index (χ0n) is 16.5. The fourth-order valence-corrected chi connectivity index (χ4v) is 4.68. The van der Waals surface area contributed by atoms with Crippen LogP contribution in [0.15, 0.2) is 24.3 Å². The first-order valence-corrected chi connectivity index (χ1v) is 11.5. The molecule has 0 aromatic heterocycles. The standard InChI is InChI=1S/C19H31N3O4S/c1-4-10-20(15-17-8-11-21(12-9-17)27(3,25)26)16(2)13-18-6-5-7-19(14-18)22(23)24/h5-7,14,16-17H,4,8-13,15H2,1-3H3. The summed E-state index contributed by atoms with van der Waals surface area (Å²) in [7, 11) is -3.09. The van der Waals surface area contributed by atoms with E-state index in [1.165, 1.54) is 12.3 Å².